The van der Waals surface area contributed by atoms with Crippen molar-refractivity contribution in [3.05, 3.63) is 60.2 Å². The first-order chi connectivity index (χ1) is 9.24. The van der Waals surface area contributed by atoms with E-state index < -0.39 is 5.91 Å². The molecule has 0 saturated heterocycles. The smallest absolute Gasteiger partial charge is 0.248 e. The second-order valence-electron chi connectivity index (χ2n) is 4.23. The van der Waals surface area contributed by atoms with E-state index in [2.05, 4.69) is 10.2 Å². The number of amides is 1. The molecule has 0 spiro atoms. The van der Waals surface area contributed by atoms with Gasteiger partial charge in [-0.15, -0.1) is 10.2 Å². The maximum atomic E-state index is 11.2. The highest BCUT2D eigenvalue weighted by Crippen LogP contribution is 2.21. The molecule has 0 radical (unpaired) electrons. The summed E-state index contributed by atoms with van der Waals surface area (Å²) in [5, 5.41) is 9.35. The Kier molecular flexibility index (Phi) is 2.68. The average molecular weight is 249 g/mol. The van der Waals surface area contributed by atoms with Gasteiger partial charge >= 0.3 is 0 Å². The van der Waals surface area contributed by atoms with Crippen LogP contribution in [0, 0.1) is 0 Å². The van der Waals surface area contributed by atoms with Crippen molar-refractivity contribution < 1.29 is 4.79 Å². The maximum absolute atomic E-state index is 11.2. The number of aromatic nitrogens is 2. The fraction of sp³-hybridized carbons (Fsp3) is 0. The van der Waals surface area contributed by atoms with Crippen molar-refractivity contribution in [1.29, 1.82) is 0 Å². The van der Waals surface area contributed by atoms with E-state index in [-0.39, 0.29) is 0 Å². The van der Waals surface area contributed by atoms with Gasteiger partial charge in [0.05, 0.1) is 11.2 Å². The third-order valence-electron chi connectivity index (χ3n) is 2.94. The van der Waals surface area contributed by atoms with Crippen molar-refractivity contribution in [2.75, 3.05) is 0 Å². The number of nitrogens with zero attached hydrogens (tertiary/aromatic N) is 2. The van der Waals surface area contributed by atoms with Crippen LogP contribution in [0.25, 0.3) is 22.2 Å². The number of rotatable bonds is 2. The van der Waals surface area contributed by atoms with Crippen LogP contribution in [0.3, 0.4) is 0 Å². The molecule has 0 bridgehead atoms. The van der Waals surface area contributed by atoms with Crippen LogP contribution in [0.1, 0.15) is 10.4 Å². The highest BCUT2D eigenvalue weighted by molar-refractivity contribution is 5.94. The standard InChI is InChI=1S/C15H11N3O/c16-15(19)12-6-3-5-10(8-12)14-9-11-4-1-2-7-13(11)17-18-14/h1-9H,(H2,16,19). The number of primary amides is 1. The molecule has 0 unspecified atom stereocenters. The van der Waals surface area contributed by atoms with Crippen molar-refractivity contribution in [2.45, 2.75) is 0 Å². The van der Waals surface area contributed by atoms with Crippen LogP contribution >= 0.6 is 0 Å². The number of hydrogen-bond acceptors (Lipinski definition) is 3. The van der Waals surface area contributed by atoms with Gasteiger partial charge in [-0.05, 0) is 24.3 Å². The lowest BCUT2D eigenvalue weighted by Crippen LogP contribution is -2.10. The zero-order valence-corrected chi connectivity index (χ0v) is 10.1. The van der Waals surface area contributed by atoms with Crippen molar-refractivity contribution in [3.8, 4) is 11.3 Å². The average Bonchev–Trinajstić information content (AvgIpc) is 2.47. The highest BCUT2D eigenvalue weighted by atomic mass is 16.1. The Bertz CT molecular complexity index is 768. The van der Waals surface area contributed by atoms with Crippen molar-refractivity contribution in [3.63, 3.8) is 0 Å². The molecule has 92 valence electrons. The van der Waals surface area contributed by atoms with Crippen LogP contribution in [0.5, 0.6) is 0 Å². The molecule has 1 amide bonds. The molecule has 0 atom stereocenters. The minimum atomic E-state index is -0.449. The van der Waals surface area contributed by atoms with Gasteiger partial charge in [-0.1, -0.05) is 30.3 Å². The molecule has 0 fully saturated rings. The number of carbonyl (C=O) groups is 1. The molecule has 1 heterocycles. The van der Waals surface area contributed by atoms with Gasteiger partial charge in [-0.25, -0.2) is 0 Å². The molecule has 3 rings (SSSR count). The first kappa shape index (κ1) is 11.3. The van der Waals surface area contributed by atoms with Crippen molar-refractivity contribution in [1.82, 2.24) is 10.2 Å². The number of carbonyl (C=O) groups excluding carboxylic acids is 1. The van der Waals surface area contributed by atoms with Gasteiger partial charge in [0.1, 0.15) is 0 Å². The summed E-state index contributed by atoms with van der Waals surface area (Å²) in [6.07, 6.45) is 0. The summed E-state index contributed by atoms with van der Waals surface area (Å²) in [5.41, 5.74) is 8.14. The molecule has 0 aliphatic carbocycles. The predicted molar refractivity (Wildman–Crippen MR) is 73.5 cm³/mol. The van der Waals surface area contributed by atoms with Gasteiger partial charge < -0.3 is 5.73 Å². The van der Waals surface area contributed by atoms with Gasteiger partial charge in [0, 0.05) is 16.5 Å². The fourth-order valence-corrected chi connectivity index (χ4v) is 1.96. The van der Waals surface area contributed by atoms with Gasteiger partial charge in [0.25, 0.3) is 0 Å². The lowest BCUT2D eigenvalue weighted by Gasteiger charge is -2.03. The zero-order chi connectivity index (χ0) is 13.2. The van der Waals surface area contributed by atoms with Gasteiger partial charge in [-0.2, -0.15) is 0 Å². The first-order valence-corrected chi connectivity index (χ1v) is 5.87. The second-order valence-corrected chi connectivity index (χ2v) is 4.23. The Morgan fingerprint density at radius 1 is 0.947 bits per heavy atom. The number of benzene rings is 2. The molecule has 0 aliphatic rings. The van der Waals surface area contributed by atoms with E-state index in [0.717, 1.165) is 22.2 Å². The van der Waals surface area contributed by atoms with E-state index in [0.29, 0.717) is 5.56 Å². The number of nitrogens with two attached hydrogens (primary N) is 1. The molecule has 0 aliphatic heterocycles. The third-order valence-corrected chi connectivity index (χ3v) is 2.94. The van der Waals surface area contributed by atoms with Crippen LogP contribution in [-0.2, 0) is 0 Å². The van der Waals surface area contributed by atoms with Crippen molar-refractivity contribution >= 4 is 16.8 Å². The first-order valence-electron chi connectivity index (χ1n) is 5.87. The van der Waals surface area contributed by atoms with Gasteiger partial charge in [-0.3, -0.25) is 4.79 Å². The molecule has 2 N–H and O–H groups in total. The van der Waals surface area contributed by atoms with E-state index in [4.69, 9.17) is 5.73 Å². The summed E-state index contributed by atoms with van der Waals surface area (Å²) in [5.74, 6) is -0.449. The second kappa shape index (κ2) is 4.49. The summed E-state index contributed by atoms with van der Waals surface area (Å²) >= 11 is 0. The lowest BCUT2D eigenvalue weighted by molar-refractivity contribution is 0.100. The SMILES string of the molecule is NC(=O)c1cccc(-c2cc3ccccc3nn2)c1. The molecule has 2 aromatic carbocycles. The van der Waals surface area contributed by atoms with E-state index in [1.165, 1.54) is 0 Å². The van der Waals surface area contributed by atoms with E-state index in [1.54, 1.807) is 18.2 Å². The largest absolute Gasteiger partial charge is 0.366 e. The van der Waals surface area contributed by atoms with Gasteiger partial charge in [0.2, 0.25) is 5.91 Å². The summed E-state index contributed by atoms with van der Waals surface area (Å²) in [7, 11) is 0. The number of hydrogen-bond donors (Lipinski definition) is 1. The van der Waals surface area contributed by atoms with Crippen LogP contribution in [0.2, 0.25) is 0 Å². The Hall–Kier alpha value is -2.75. The topological polar surface area (TPSA) is 68.9 Å². The molecule has 4 heteroatoms. The lowest BCUT2D eigenvalue weighted by atomic mass is 10.1. The summed E-state index contributed by atoms with van der Waals surface area (Å²) in [4.78, 5) is 11.2. The molecule has 1 aromatic heterocycles. The predicted octanol–water partition coefficient (Wildman–Crippen LogP) is 2.40. The minimum Gasteiger partial charge on any atom is -0.366 e. The maximum Gasteiger partial charge on any atom is 0.248 e. The molecule has 19 heavy (non-hydrogen) atoms. The van der Waals surface area contributed by atoms with Gasteiger partial charge in [0.15, 0.2) is 0 Å². The van der Waals surface area contributed by atoms with Crippen LogP contribution in [0.4, 0.5) is 0 Å². The van der Waals surface area contributed by atoms with Crippen LogP contribution < -0.4 is 5.73 Å². The van der Waals surface area contributed by atoms with E-state index in [9.17, 15) is 4.79 Å². The molecule has 0 saturated carbocycles. The monoisotopic (exact) mass is 249 g/mol. The normalized spacial score (nSPS) is 10.5. The molecule has 4 nitrogen and oxygen atoms in total. The van der Waals surface area contributed by atoms with E-state index >= 15 is 0 Å². The van der Waals surface area contributed by atoms with Crippen LogP contribution in [-0.4, -0.2) is 16.1 Å². The highest BCUT2D eigenvalue weighted by Gasteiger charge is 2.05. The van der Waals surface area contributed by atoms with E-state index in [1.807, 2.05) is 36.4 Å². The molecular weight excluding hydrogens is 238 g/mol. The Morgan fingerprint density at radius 2 is 1.79 bits per heavy atom. The van der Waals surface area contributed by atoms with Crippen molar-refractivity contribution in [2.24, 2.45) is 5.73 Å². The Labute approximate surface area is 109 Å². The summed E-state index contributed by atoms with van der Waals surface area (Å²) in [6, 6.07) is 16.8. The zero-order valence-electron chi connectivity index (χ0n) is 10.1. The Balaban J connectivity index is 2.13. The molecule has 3 aromatic rings. The molecular formula is C15H11N3O. The minimum absolute atomic E-state index is 0.449. The Morgan fingerprint density at radius 3 is 2.63 bits per heavy atom. The van der Waals surface area contributed by atoms with Crippen LogP contribution in [0.15, 0.2) is 54.6 Å². The third kappa shape index (κ3) is 2.15. The summed E-state index contributed by atoms with van der Waals surface area (Å²) < 4.78 is 0. The number of fused-ring (bicyclic) bond motifs is 1. The summed E-state index contributed by atoms with van der Waals surface area (Å²) in [6.45, 7) is 0. The fourth-order valence-electron chi connectivity index (χ4n) is 1.96. The quantitative estimate of drug-likeness (QED) is 0.758.